The Morgan fingerprint density at radius 2 is 2.17 bits per heavy atom. The highest BCUT2D eigenvalue weighted by Gasteiger charge is 2.19. The van der Waals surface area contributed by atoms with Gasteiger partial charge >= 0.3 is 0 Å². The molecule has 1 aromatic carbocycles. The number of carbonyl (C=O) groups is 1. The van der Waals surface area contributed by atoms with Crippen molar-refractivity contribution in [3.8, 4) is 11.3 Å². The van der Waals surface area contributed by atoms with Crippen molar-refractivity contribution in [1.29, 1.82) is 0 Å². The number of hydrogen-bond donors (Lipinski definition) is 3. The molecule has 120 valence electrons. The van der Waals surface area contributed by atoms with Crippen LogP contribution in [-0.4, -0.2) is 15.9 Å². The van der Waals surface area contributed by atoms with E-state index in [1.54, 1.807) is 0 Å². The summed E-state index contributed by atoms with van der Waals surface area (Å²) in [5.74, 6) is -0.0673. The number of aromatic amines is 1. The maximum Gasteiger partial charge on any atom is 0.224 e. The Kier molecular flexibility index (Phi) is 4.45. The van der Waals surface area contributed by atoms with E-state index < -0.39 is 5.82 Å². The van der Waals surface area contributed by atoms with E-state index in [-0.39, 0.29) is 17.1 Å². The number of fused-ring (bicyclic) bond motifs is 4. The molecule has 1 aromatic heterocycles. The molecule has 3 rings (SSSR count). The topological polar surface area (TPSA) is 83.8 Å². The highest BCUT2D eigenvalue weighted by molar-refractivity contribution is 6.32. The number of amides is 1. The Morgan fingerprint density at radius 3 is 3.00 bits per heavy atom. The first-order valence-electron chi connectivity index (χ1n) is 7.30. The number of H-pyrrole nitrogens is 1. The molecule has 0 aliphatic carbocycles. The molecule has 1 amide bonds. The largest absolute Gasteiger partial charge is 0.331 e. The van der Waals surface area contributed by atoms with Crippen LogP contribution in [0.3, 0.4) is 0 Å². The molecule has 0 unspecified atom stereocenters. The molecular formula is C16H16ClFN4O. The van der Waals surface area contributed by atoms with Crippen molar-refractivity contribution in [2.45, 2.75) is 25.3 Å². The molecule has 2 aromatic rings. The summed E-state index contributed by atoms with van der Waals surface area (Å²) in [6.07, 6.45) is 5.34. The van der Waals surface area contributed by atoms with Crippen molar-refractivity contribution in [2.24, 2.45) is 5.73 Å². The van der Waals surface area contributed by atoms with Gasteiger partial charge in [-0.15, -0.1) is 0 Å². The van der Waals surface area contributed by atoms with Gasteiger partial charge in [0, 0.05) is 12.0 Å². The smallest absolute Gasteiger partial charge is 0.224 e. The molecule has 5 nitrogen and oxygen atoms in total. The molecule has 0 fully saturated rings. The first-order chi connectivity index (χ1) is 11.0. The van der Waals surface area contributed by atoms with Crippen molar-refractivity contribution >= 4 is 23.2 Å². The number of allylic oxidation sites excluding steroid dienone is 1. The molecule has 7 heteroatoms. The van der Waals surface area contributed by atoms with Gasteiger partial charge in [0.15, 0.2) is 0 Å². The number of nitrogens with two attached hydrogens (primary N) is 1. The second-order valence-corrected chi connectivity index (χ2v) is 5.75. The zero-order valence-electron chi connectivity index (χ0n) is 12.3. The summed E-state index contributed by atoms with van der Waals surface area (Å²) < 4.78 is 13.7. The second kappa shape index (κ2) is 6.52. The van der Waals surface area contributed by atoms with Crippen molar-refractivity contribution in [2.75, 3.05) is 5.32 Å². The minimum atomic E-state index is -0.436. The summed E-state index contributed by atoms with van der Waals surface area (Å²) in [6, 6.07) is 3.73. The van der Waals surface area contributed by atoms with Crippen LogP contribution in [0.25, 0.3) is 11.3 Å². The van der Waals surface area contributed by atoms with Gasteiger partial charge in [-0.2, -0.15) is 0 Å². The number of anilines is 1. The van der Waals surface area contributed by atoms with Gasteiger partial charge in [-0.25, -0.2) is 9.37 Å². The van der Waals surface area contributed by atoms with Gasteiger partial charge in [-0.1, -0.05) is 23.8 Å². The second-order valence-electron chi connectivity index (χ2n) is 5.37. The lowest BCUT2D eigenvalue weighted by Gasteiger charge is -2.10. The zero-order valence-corrected chi connectivity index (χ0v) is 13.0. The molecule has 2 bridgehead atoms. The summed E-state index contributed by atoms with van der Waals surface area (Å²) in [7, 11) is 0. The summed E-state index contributed by atoms with van der Waals surface area (Å²) in [5.41, 5.74) is 7.35. The lowest BCUT2D eigenvalue weighted by Crippen LogP contribution is -2.11. The van der Waals surface area contributed by atoms with Gasteiger partial charge in [0.05, 0.1) is 11.7 Å². The Labute approximate surface area is 137 Å². The number of aromatic nitrogens is 2. The third kappa shape index (κ3) is 3.43. The number of nitrogens with zero attached hydrogens (tertiary/aromatic N) is 1. The SMILES string of the molecule is N[C@H]1C/C=C\CCC(=O)Nc2ccc(F)cc2-c2nc1[nH]c2Cl. The van der Waals surface area contributed by atoms with Crippen LogP contribution in [0.4, 0.5) is 10.1 Å². The predicted octanol–water partition coefficient (Wildman–Crippen LogP) is 3.55. The van der Waals surface area contributed by atoms with Crippen LogP contribution in [0.15, 0.2) is 30.4 Å². The van der Waals surface area contributed by atoms with Crippen LogP contribution in [0.2, 0.25) is 5.15 Å². The van der Waals surface area contributed by atoms with E-state index in [4.69, 9.17) is 17.3 Å². The molecule has 2 heterocycles. The number of imidazole rings is 1. The quantitative estimate of drug-likeness (QED) is 0.644. The highest BCUT2D eigenvalue weighted by Crippen LogP contribution is 2.34. The summed E-state index contributed by atoms with van der Waals surface area (Å²) in [4.78, 5) is 19.3. The van der Waals surface area contributed by atoms with Gasteiger partial charge < -0.3 is 16.0 Å². The minimum Gasteiger partial charge on any atom is -0.331 e. The molecule has 0 saturated heterocycles. The van der Waals surface area contributed by atoms with Crippen molar-refractivity contribution < 1.29 is 9.18 Å². The minimum absolute atomic E-state index is 0.155. The van der Waals surface area contributed by atoms with Crippen LogP contribution in [0.5, 0.6) is 0 Å². The maximum absolute atomic E-state index is 13.7. The monoisotopic (exact) mass is 334 g/mol. The first-order valence-corrected chi connectivity index (χ1v) is 7.68. The lowest BCUT2D eigenvalue weighted by molar-refractivity contribution is -0.116. The van der Waals surface area contributed by atoms with Gasteiger partial charge in [0.25, 0.3) is 0 Å². The Bertz CT molecular complexity index is 771. The highest BCUT2D eigenvalue weighted by atomic mass is 35.5. The van der Waals surface area contributed by atoms with E-state index in [2.05, 4.69) is 15.3 Å². The molecular weight excluding hydrogens is 319 g/mol. The molecule has 1 aliphatic heterocycles. The standard InChI is InChI=1S/C16H16ClFN4O/c17-15-14-10-8-9(18)6-7-12(10)20-13(23)5-3-1-2-4-11(19)16(21-14)22-15/h1-2,6-8,11H,3-5,19H2,(H,20,23)(H,21,22)/b2-1-/t11-/m0/s1. The lowest BCUT2D eigenvalue weighted by atomic mass is 10.1. The zero-order chi connectivity index (χ0) is 16.4. The molecule has 1 atom stereocenters. The Hall–Kier alpha value is -2.18. The number of benzene rings is 1. The summed E-state index contributed by atoms with van der Waals surface area (Å²) in [5, 5.41) is 3.04. The van der Waals surface area contributed by atoms with E-state index in [0.717, 1.165) is 0 Å². The van der Waals surface area contributed by atoms with Gasteiger partial charge in [0.1, 0.15) is 22.5 Å². The molecule has 0 saturated carbocycles. The van der Waals surface area contributed by atoms with Crippen LogP contribution in [0.1, 0.15) is 31.1 Å². The molecule has 1 aliphatic rings. The van der Waals surface area contributed by atoms with Crippen LogP contribution in [0, 0.1) is 5.82 Å². The summed E-state index contributed by atoms with van der Waals surface area (Å²) >= 11 is 6.21. The number of carbonyl (C=O) groups excluding carboxylic acids is 1. The number of nitrogens with one attached hydrogen (secondary N) is 2. The van der Waals surface area contributed by atoms with E-state index >= 15 is 0 Å². The molecule has 0 spiro atoms. The average Bonchev–Trinajstić information content (AvgIpc) is 2.90. The van der Waals surface area contributed by atoms with E-state index in [1.807, 2.05) is 12.2 Å². The predicted molar refractivity (Wildman–Crippen MR) is 87.5 cm³/mol. The van der Waals surface area contributed by atoms with Gasteiger partial charge in [0.2, 0.25) is 5.91 Å². The number of hydrogen-bond acceptors (Lipinski definition) is 3. The Morgan fingerprint density at radius 1 is 1.35 bits per heavy atom. The van der Waals surface area contributed by atoms with Crippen LogP contribution < -0.4 is 11.1 Å². The van der Waals surface area contributed by atoms with E-state index in [0.29, 0.717) is 42.0 Å². The van der Waals surface area contributed by atoms with Crippen LogP contribution >= 0.6 is 11.6 Å². The van der Waals surface area contributed by atoms with E-state index in [1.165, 1.54) is 18.2 Å². The van der Waals surface area contributed by atoms with Crippen molar-refractivity contribution in [3.05, 3.63) is 47.1 Å². The third-order valence-electron chi connectivity index (χ3n) is 3.63. The normalized spacial score (nSPS) is 19.8. The number of halogens is 2. The third-order valence-corrected chi connectivity index (χ3v) is 3.91. The van der Waals surface area contributed by atoms with Crippen molar-refractivity contribution in [1.82, 2.24) is 9.97 Å². The number of rotatable bonds is 0. The fourth-order valence-corrected chi connectivity index (χ4v) is 2.68. The molecule has 0 radical (unpaired) electrons. The van der Waals surface area contributed by atoms with Crippen LogP contribution in [-0.2, 0) is 4.79 Å². The van der Waals surface area contributed by atoms with E-state index in [9.17, 15) is 9.18 Å². The van der Waals surface area contributed by atoms with Gasteiger partial charge in [-0.3, -0.25) is 4.79 Å². The van der Waals surface area contributed by atoms with Gasteiger partial charge in [-0.05, 0) is 31.0 Å². The van der Waals surface area contributed by atoms with Crippen molar-refractivity contribution in [3.63, 3.8) is 0 Å². The average molecular weight is 335 g/mol. The summed E-state index contributed by atoms with van der Waals surface area (Å²) in [6.45, 7) is 0. The maximum atomic E-state index is 13.7. The molecule has 23 heavy (non-hydrogen) atoms. The fourth-order valence-electron chi connectivity index (χ4n) is 2.44. The fraction of sp³-hybridized carbons (Fsp3) is 0.250. The Balaban J connectivity index is 2.12. The molecule has 4 N–H and O–H groups in total. The first kappa shape index (κ1) is 15.7.